The number of methoxy groups -OCH3 is 1. The highest BCUT2D eigenvalue weighted by Gasteiger charge is 2.14. The molecule has 2 aromatic heterocycles. The van der Waals surface area contributed by atoms with Gasteiger partial charge in [0.25, 0.3) is 5.56 Å². The van der Waals surface area contributed by atoms with E-state index in [1.807, 2.05) is 30.3 Å². The molecule has 0 fully saturated rings. The van der Waals surface area contributed by atoms with Crippen molar-refractivity contribution >= 4 is 11.2 Å². The maximum absolute atomic E-state index is 12.1. The van der Waals surface area contributed by atoms with E-state index >= 15 is 0 Å². The predicted molar refractivity (Wildman–Crippen MR) is 95.1 cm³/mol. The molecule has 0 unspecified atom stereocenters. The number of benzene rings is 2. The van der Waals surface area contributed by atoms with Gasteiger partial charge in [-0.05, 0) is 23.8 Å². The van der Waals surface area contributed by atoms with Gasteiger partial charge in [0, 0.05) is 0 Å². The van der Waals surface area contributed by atoms with Gasteiger partial charge in [-0.15, -0.1) is 10.2 Å². The highest BCUT2D eigenvalue weighted by molar-refractivity contribution is 5.73. The number of H-pyrrole nitrogens is 2. The summed E-state index contributed by atoms with van der Waals surface area (Å²) in [6, 6.07) is 15.2. The fraction of sp³-hybridized carbons (Fsp3) is 0.111. The molecule has 2 aromatic carbocycles. The lowest BCUT2D eigenvalue weighted by atomic mass is 10.1. The first-order valence-corrected chi connectivity index (χ1v) is 7.90. The lowest BCUT2D eigenvalue weighted by molar-refractivity contribution is 0.305. The first kappa shape index (κ1) is 15.8. The Morgan fingerprint density at radius 1 is 1.08 bits per heavy atom. The van der Waals surface area contributed by atoms with Gasteiger partial charge in [-0.2, -0.15) is 5.21 Å². The van der Waals surface area contributed by atoms with Gasteiger partial charge in [-0.3, -0.25) is 4.79 Å². The molecule has 8 heteroatoms. The second-order valence-corrected chi connectivity index (χ2v) is 5.55. The van der Waals surface area contributed by atoms with Crippen molar-refractivity contribution in [3.05, 3.63) is 64.4 Å². The molecule has 130 valence electrons. The van der Waals surface area contributed by atoms with Crippen LogP contribution in [0.1, 0.15) is 5.56 Å². The molecule has 0 bridgehead atoms. The Labute approximate surface area is 147 Å². The van der Waals surface area contributed by atoms with Gasteiger partial charge < -0.3 is 14.5 Å². The second-order valence-electron chi connectivity index (χ2n) is 5.55. The third-order valence-electron chi connectivity index (χ3n) is 3.87. The normalized spacial score (nSPS) is 10.8. The van der Waals surface area contributed by atoms with Gasteiger partial charge in [0.1, 0.15) is 23.9 Å². The summed E-state index contributed by atoms with van der Waals surface area (Å²) in [6.07, 6.45) is 0. The Kier molecular flexibility index (Phi) is 4.06. The van der Waals surface area contributed by atoms with Crippen molar-refractivity contribution in [2.24, 2.45) is 0 Å². The molecule has 0 aliphatic heterocycles. The van der Waals surface area contributed by atoms with Crippen molar-refractivity contribution in [2.75, 3.05) is 7.11 Å². The van der Waals surface area contributed by atoms with Crippen LogP contribution in [0.3, 0.4) is 0 Å². The van der Waals surface area contributed by atoms with Crippen molar-refractivity contribution in [3.63, 3.8) is 0 Å². The smallest absolute Gasteiger partial charge is 0.281 e. The molecule has 0 aliphatic rings. The first-order valence-electron chi connectivity index (χ1n) is 7.90. The highest BCUT2D eigenvalue weighted by Crippen LogP contribution is 2.31. The molecule has 2 heterocycles. The zero-order chi connectivity index (χ0) is 17.9. The van der Waals surface area contributed by atoms with Crippen molar-refractivity contribution in [1.29, 1.82) is 0 Å². The lowest BCUT2D eigenvalue weighted by Crippen LogP contribution is -2.10. The third kappa shape index (κ3) is 3.00. The predicted octanol–water partition coefficient (Wildman–Crippen LogP) is 2.30. The van der Waals surface area contributed by atoms with E-state index in [2.05, 4.69) is 25.4 Å². The molecule has 0 saturated carbocycles. The number of fused-ring (bicyclic) bond motifs is 1. The fourth-order valence-corrected chi connectivity index (χ4v) is 2.59. The molecule has 0 radical (unpaired) electrons. The minimum atomic E-state index is -0.378. The average Bonchev–Trinajstić information content (AvgIpc) is 3.16. The van der Waals surface area contributed by atoms with Crippen molar-refractivity contribution in [1.82, 2.24) is 25.4 Å². The van der Waals surface area contributed by atoms with Crippen LogP contribution < -0.4 is 15.0 Å². The van der Waals surface area contributed by atoms with E-state index in [9.17, 15) is 4.79 Å². The Hall–Kier alpha value is -3.68. The lowest BCUT2D eigenvalue weighted by Gasteiger charge is -2.11. The molecule has 4 rings (SSSR count). The van der Waals surface area contributed by atoms with E-state index in [0.29, 0.717) is 29.5 Å². The summed E-state index contributed by atoms with van der Waals surface area (Å²) in [5, 5.41) is 10.1. The first-order chi connectivity index (χ1) is 12.7. The second kappa shape index (κ2) is 6.67. The monoisotopic (exact) mass is 349 g/mol. The topological polar surface area (TPSA) is 106 Å². The molecular formula is C18H15N5O3. The zero-order valence-electron chi connectivity index (χ0n) is 13.9. The van der Waals surface area contributed by atoms with Crippen molar-refractivity contribution in [3.8, 4) is 22.9 Å². The Morgan fingerprint density at radius 3 is 2.73 bits per heavy atom. The van der Waals surface area contributed by atoms with Crippen LogP contribution in [-0.2, 0) is 6.61 Å². The van der Waals surface area contributed by atoms with Crippen LogP contribution in [0, 0.1) is 0 Å². The molecule has 4 aromatic rings. The SMILES string of the molecule is COc1ccc(OCc2ccccc2)cc1-c1nc2n[nH]nc2c(=O)[nH]1. The van der Waals surface area contributed by atoms with E-state index in [-0.39, 0.29) is 16.7 Å². The van der Waals surface area contributed by atoms with Crippen LogP contribution in [0.2, 0.25) is 0 Å². The Balaban J connectivity index is 1.70. The number of rotatable bonds is 5. The van der Waals surface area contributed by atoms with E-state index in [4.69, 9.17) is 9.47 Å². The summed E-state index contributed by atoms with van der Waals surface area (Å²) in [6.45, 7) is 0.429. The third-order valence-corrected chi connectivity index (χ3v) is 3.87. The van der Waals surface area contributed by atoms with E-state index in [0.717, 1.165) is 5.56 Å². The molecule has 0 saturated heterocycles. The number of hydrogen-bond donors (Lipinski definition) is 2. The zero-order valence-corrected chi connectivity index (χ0v) is 13.9. The van der Waals surface area contributed by atoms with E-state index < -0.39 is 0 Å². The Morgan fingerprint density at radius 2 is 1.92 bits per heavy atom. The quantitative estimate of drug-likeness (QED) is 0.573. The van der Waals surface area contributed by atoms with Crippen LogP contribution in [0.15, 0.2) is 53.3 Å². The molecule has 0 atom stereocenters. The van der Waals surface area contributed by atoms with Crippen molar-refractivity contribution < 1.29 is 9.47 Å². The molecule has 0 aliphatic carbocycles. The van der Waals surface area contributed by atoms with Gasteiger partial charge >= 0.3 is 0 Å². The van der Waals surface area contributed by atoms with Gasteiger partial charge in [0.2, 0.25) is 5.65 Å². The van der Waals surface area contributed by atoms with Crippen LogP contribution in [0.4, 0.5) is 0 Å². The fourth-order valence-electron chi connectivity index (χ4n) is 2.59. The number of nitrogens with zero attached hydrogens (tertiary/aromatic N) is 3. The minimum Gasteiger partial charge on any atom is -0.496 e. The number of ether oxygens (including phenoxy) is 2. The largest absolute Gasteiger partial charge is 0.496 e. The van der Waals surface area contributed by atoms with Gasteiger partial charge in [0.15, 0.2) is 5.52 Å². The standard InChI is InChI=1S/C18H15N5O3/c1-25-14-8-7-12(26-10-11-5-3-2-4-6-11)9-13(14)16-19-17-15(18(24)20-16)21-23-22-17/h2-9H,10H2,1H3,(H2,19,20,21,22,23,24). The summed E-state index contributed by atoms with van der Waals surface area (Å²) < 4.78 is 11.2. The maximum atomic E-state index is 12.1. The summed E-state index contributed by atoms with van der Waals surface area (Å²) >= 11 is 0. The number of hydrogen-bond acceptors (Lipinski definition) is 6. The van der Waals surface area contributed by atoms with Crippen molar-refractivity contribution in [2.45, 2.75) is 6.61 Å². The van der Waals surface area contributed by atoms with Crippen LogP contribution in [0.25, 0.3) is 22.6 Å². The highest BCUT2D eigenvalue weighted by atomic mass is 16.5. The summed E-state index contributed by atoms with van der Waals surface area (Å²) in [7, 11) is 1.55. The molecule has 0 amide bonds. The van der Waals surface area contributed by atoms with Gasteiger partial charge in [-0.1, -0.05) is 30.3 Å². The van der Waals surface area contributed by atoms with E-state index in [1.54, 1.807) is 25.3 Å². The summed E-state index contributed by atoms with van der Waals surface area (Å²) in [5.41, 5.74) is 1.67. The van der Waals surface area contributed by atoms with E-state index in [1.165, 1.54) is 0 Å². The average molecular weight is 349 g/mol. The van der Waals surface area contributed by atoms with Crippen LogP contribution in [-0.4, -0.2) is 32.5 Å². The maximum Gasteiger partial charge on any atom is 0.281 e. The van der Waals surface area contributed by atoms with Gasteiger partial charge in [0.05, 0.1) is 12.7 Å². The number of aromatic amines is 2. The minimum absolute atomic E-state index is 0.157. The summed E-state index contributed by atoms with van der Waals surface area (Å²) in [5.74, 6) is 1.52. The summed E-state index contributed by atoms with van der Waals surface area (Å²) in [4.78, 5) is 19.2. The van der Waals surface area contributed by atoms with Gasteiger partial charge in [-0.25, -0.2) is 4.98 Å². The molecule has 2 N–H and O–H groups in total. The molecule has 0 spiro atoms. The van der Waals surface area contributed by atoms with Crippen LogP contribution >= 0.6 is 0 Å². The molecule has 8 nitrogen and oxygen atoms in total. The Bertz CT molecular complexity index is 1100. The molecule has 26 heavy (non-hydrogen) atoms. The number of aromatic nitrogens is 5. The van der Waals surface area contributed by atoms with Crippen LogP contribution in [0.5, 0.6) is 11.5 Å². The molecular weight excluding hydrogens is 334 g/mol. The number of nitrogens with one attached hydrogen (secondary N) is 2.